The Labute approximate surface area is 289 Å². The first kappa shape index (κ1) is 34.8. The van der Waals surface area contributed by atoms with Gasteiger partial charge in [0.25, 0.3) is 0 Å². The zero-order chi connectivity index (χ0) is 35.0. The van der Waals surface area contributed by atoms with E-state index < -0.39 is 23.8 Å². The van der Waals surface area contributed by atoms with E-state index in [1.165, 1.54) is 23.4 Å². The Morgan fingerprint density at radius 3 is 2.06 bits per heavy atom. The van der Waals surface area contributed by atoms with Gasteiger partial charge in [-0.2, -0.15) is 10.2 Å². The third kappa shape index (κ3) is 8.03. The number of piperazine rings is 1. The van der Waals surface area contributed by atoms with E-state index in [-0.39, 0.29) is 37.1 Å². The van der Waals surface area contributed by atoms with Crippen LogP contribution in [0.3, 0.4) is 0 Å². The molecule has 12 nitrogen and oxygen atoms in total. The standard InChI is InChI=1S/C36H42F2N8O4/c1-3-27(4-2)46-36(48)45(25-41-46)30-8-6-28(7-9-30)42-15-17-43(18-16-42)29-10-12-31(13-11-29)49-22-32(21-47)50-35(20-44-24-39-23-40-44)33-14-5-26(37)19-34(33)38/h5-14,19,23-25,27,32,35,47H,3-4,15-18,20-22H2,1-2H3/t32-,35?/m1/s1. The summed E-state index contributed by atoms with van der Waals surface area (Å²) in [5.74, 6) is -0.850. The number of aromatic nitrogens is 6. The number of ether oxygens (including phenoxy) is 2. The lowest BCUT2D eigenvalue weighted by Crippen LogP contribution is -2.46. The minimum absolute atomic E-state index is 0.0129. The van der Waals surface area contributed by atoms with Crippen LogP contribution in [-0.2, 0) is 11.3 Å². The molecule has 0 amide bonds. The van der Waals surface area contributed by atoms with Crippen molar-refractivity contribution in [2.45, 2.75) is 51.5 Å². The summed E-state index contributed by atoms with van der Waals surface area (Å²) in [4.78, 5) is 21.5. The number of hydrogen-bond donors (Lipinski definition) is 1. The molecule has 2 atom stereocenters. The van der Waals surface area contributed by atoms with Gasteiger partial charge in [-0.15, -0.1) is 0 Å². The van der Waals surface area contributed by atoms with Gasteiger partial charge in [0, 0.05) is 49.2 Å². The van der Waals surface area contributed by atoms with Crippen molar-refractivity contribution >= 4 is 11.4 Å². The molecule has 6 rings (SSSR count). The molecule has 0 aliphatic carbocycles. The van der Waals surface area contributed by atoms with Gasteiger partial charge in [0.1, 0.15) is 55.2 Å². The van der Waals surface area contributed by atoms with Crippen molar-refractivity contribution in [3.63, 3.8) is 0 Å². The highest BCUT2D eigenvalue weighted by atomic mass is 19.1. The predicted octanol–water partition coefficient (Wildman–Crippen LogP) is 4.79. The van der Waals surface area contributed by atoms with E-state index in [1.807, 2.05) is 48.5 Å². The molecular weight excluding hydrogens is 646 g/mol. The molecule has 0 radical (unpaired) electrons. The second-order valence-electron chi connectivity index (χ2n) is 12.2. The lowest BCUT2D eigenvalue weighted by Gasteiger charge is -2.37. The molecule has 2 aromatic heterocycles. The van der Waals surface area contributed by atoms with Crippen LogP contribution in [0, 0.1) is 11.6 Å². The molecular formula is C36H42F2N8O4. The number of anilines is 2. The van der Waals surface area contributed by atoms with E-state index >= 15 is 0 Å². The molecule has 1 N–H and O–H groups in total. The second kappa shape index (κ2) is 16.1. The molecule has 14 heteroatoms. The number of hydrogen-bond acceptors (Lipinski definition) is 9. The molecule has 1 unspecified atom stereocenters. The molecule has 0 spiro atoms. The van der Waals surface area contributed by atoms with E-state index in [1.54, 1.807) is 15.6 Å². The zero-order valence-corrected chi connectivity index (χ0v) is 28.2. The summed E-state index contributed by atoms with van der Waals surface area (Å²) in [5.41, 5.74) is 2.98. The third-order valence-corrected chi connectivity index (χ3v) is 9.08. The lowest BCUT2D eigenvalue weighted by atomic mass is 10.1. The molecule has 1 fully saturated rings. The maximum Gasteiger partial charge on any atom is 0.350 e. The second-order valence-corrected chi connectivity index (χ2v) is 12.2. The Morgan fingerprint density at radius 2 is 1.48 bits per heavy atom. The number of aliphatic hydroxyl groups is 1. The number of benzene rings is 3. The fourth-order valence-electron chi connectivity index (χ4n) is 6.21. The summed E-state index contributed by atoms with van der Waals surface area (Å²) < 4.78 is 44.9. The van der Waals surface area contributed by atoms with Gasteiger partial charge in [0.05, 0.1) is 24.9 Å². The largest absolute Gasteiger partial charge is 0.491 e. The molecule has 0 bridgehead atoms. The van der Waals surface area contributed by atoms with Gasteiger partial charge < -0.3 is 24.4 Å². The van der Waals surface area contributed by atoms with Crippen LogP contribution < -0.4 is 20.2 Å². The van der Waals surface area contributed by atoms with Crippen LogP contribution in [0.25, 0.3) is 5.69 Å². The normalized spacial score (nSPS) is 14.7. The van der Waals surface area contributed by atoms with Crippen LogP contribution in [0.4, 0.5) is 20.2 Å². The molecule has 5 aromatic rings. The molecule has 1 aliphatic heterocycles. The maximum atomic E-state index is 14.7. The summed E-state index contributed by atoms with van der Waals surface area (Å²) >= 11 is 0. The summed E-state index contributed by atoms with van der Waals surface area (Å²) in [6, 6.07) is 19.1. The van der Waals surface area contributed by atoms with Crippen LogP contribution in [0.15, 0.2) is 90.5 Å². The average Bonchev–Trinajstić information content (AvgIpc) is 3.80. The topological polar surface area (TPSA) is 116 Å². The fraction of sp³-hybridized carbons (Fsp3) is 0.389. The Morgan fingerprint density at radius 1 is 0.840 bits per heavy atom. The Hall–Kier alpha value is -5.08. The Balaban J connectivity index is 1.01. The highest BCUT2D eigenvalue weighted by molar-refractivity contribution is 5.54. The van der Waals surface area contributed by atoms with Gasteiger partial charge in [0.15, 0.2) is 0 Å². The van der Waals surface area contributed by atoms with Gasteiger partial charge in [-0.1, -0.05) is 19.9 Å². The summed E-state index contributed by atoms with van der Waals surface area (Å²) in [5, 5.41) is 18.5. The van der Waals surface area contributed by atoms with Crippen LogP contribution in [0.5, 0.6) is 5.75 Å². The van der Waals surface area contributed by atoms with Crippen LogP contribution in [-0.4, -0.2) is 79.7 Å². The molecule has 264 valence electrons. The monoisotopic (exact) mass is 688 g/mol. The van der Waals surface area contributed by atoms with Crippen molar-refractivity contribution in [1.82, 2.24) is 29.1 Å². The van der Waals surface area contributed by atoms with E-state index in [4.69, 9.17) is 9.47 Å². The predicted molar refractivity (Wildman–Crippen MR) is 185 cm³/mol. The first-order valence-electron chi connectivity index (χ1n) is 16.9. The molecule has 1 saturated heterocycles. The SMILES string of the molecule is CCC(CC)n1ncn(-c2ccc(N3CCN(c4ccc(OC[C@@H](CO)OC(Cn5cncn5)c5ccc(F)cc5F)cc4)CC3)cc2)c1=O. The summed E-state index contributed by atoms with van der Waals surface area (Å²) in [6.45, 7) is 7.21. The van der Waals surface area contributed by atoms with Gasteiger partial charge in [-0.05, 0) is 67.4 Å². The zero-order valence-electron chi connectivity index (χ0n) is 28.2. The van der Waals surface area contributed by atoms with Crippen molar-refractivity contribution in [1.29, 1.82) is 0 Å². The number of rotatable bonds is 15. The molecule has 3 aromatic carbocycles. The Kier molecular flexibility index (Phi) is 11.2. The highest BCUT2D eigenvalue weighted by Gasteiger charge is 2.24. The van der Waals surface area contributed by atoms with Crippen LogP contribution in [0.2, 0.25) is 0 Å². The number of halogens is 2. The van der Waals surface area contributed by atoms with Crippen LogP contribution >= 0.6 is 0 Å². The first-order chi connectivity index (χ1) is 24.4. The van der Waals surface area contributed by atoms with Crippen molar-refractivity contribution in [3.05, 3.63) is 113 Å². The van der Waals surface area contributed by atoms with Crippen molar-refractivity contribution in [2.24, 2.45) is 0 Å². The van der Waals surface area contributed by atoms with Gasteiger partial charge in [-0.25, -0.2) is 27.8 Å². The summed E-state index contributed by atoms with van der Waals surface area (Å²) in [7, 11) is 0. The van der Waals surface area contributed by atoms with Gasteiger partial charge >= 0.3 is 5.69 Å². The number of nitrogens with zero attached hydrogens (tertiary/aromatic N) is 8. The third-order valence-electron chi connectivity index (χ3n) is 9.08. The minimum atomic E-state index is -0.869. The lowest BCUT2D eigenvalue weighted by molar-refractivity contribution is -0.0681. The molecule has 1 aliphatic rings. The maximum absolute atomic E-state index is 14.7. The van der Waals surface area contributed by atoms with E-state index in [0.717, 1.165) is 68.2 Å². The van der Waals surface area contributed by atoms with Gasteiger partial charge in [0.2, 0.25) is 0 Å². The summed E-state index contributed by atoms with van der Waals surface area (Å²) in [6.07, 6.45) is 4.47. The average molecular weight is 689 g/mol. The quantitative estimate of drug-likeness (QED) is 0.166. The van der Waals surface area contributed by atoms with E-state index in [0.29, 0.717) is 5.75 Å². The highest BCUT2D eigenvalue weighted by Crippen LogP contribution is 2.27. The molecule has 0 saturated carbocycles. The van der Waals surface area contributed by atoms with Crippen molar-refractivity contribution < 1.29 is 23.4 Å². The fourth-order valence-corrected chi connectivity index (χ4v) is 6.21. The van der Waals surface area contributed by atoms with Crippen molar-refractivity contribution in [3.8, 4) is 11.4 Å². The Bertz CT molecular complexity index is 1850. The van der Waals surface area contributed by atoms with Crippen molar-refractivity contribution in [2.75, 3.05) is 49.2 Å². The van der Waals surface area contributed by atoms with E-state index in [9.17, 15) is 18.7 Å². The molecule has 50 heavy (non-hydrogen) atoms. The van der Waals surface area contributed by atoms with Crippen LogP contribution in [0.1, 0.15) is 44.4 Å². The number of aliphatic hydroxyl groups excluding tert-OH is 1. The molecule has 3 heterocycles. The van der Waals surface area contributed by atoms with E-state index in [2.05, 4.69) is 38.8 Å². The first-order valence-corrected chi connectivity index (χ1v) is 16.9. The van der Waals surface area contributed by atoms with Gasteiger partial charge in [-0.3, -0.25) is 4.68 Å². The smallest absolute Gasteiger partial charge is 0.350 e. The minimum Gasteiger partial charge on any atom is -0.491 e.